The molecule has 1 heterocycles. The Labute approximate surface area is 159 Å². The molecular weight excluding hydrogens is 339 g/mol. The van der Waals surface area contributed by atoms with Crippen LogP contribution in [0.15, 0.2) is 54.6 Å². The average molecular weight is 364 g/mol. The van der Waals surface area contributed by atoms with Gasteiger partial charge in [-0.1, -0.05) is 45.0 Å². The first-order chi connectivity index (χ1) is 12.8. The second kappa shape index (κ2) is 7.74. The van der Waals surface area contributed by atoms with E-state index in [0.717, 1.165) is 22.9 Å². The van der Waals surface area contributed by atoms with Gasteiger partial charge in [-0.15, -0.1) is 0 Å². The first-order valence-electron chi connectivity index (χ1n) is 9.01. The molecule has 0 radical (unpaired) electrons. The SMILES string of the molecule is Cc1nc(NCc2ccc(F)cc2)cc(Nc2ccc(C(C)(C)C)cc2)n1. The van der Waals surface area contributed by atoms with Gasteiger partial charge < -0.3 is 10.6 Å². The van der Waals surface area contributed by atoms with E-state index in [4.69, 9.17) is 0 Å². The summed E-state index contributed by atoms with van der Waals surface area (Å²) in [5.74, 6) is 1.89. The molecule has 2 aromatic carbocycles. The first-order valence-corrected chi connectivity index (χ1v) is 9.01. The zero-order chi connectivity index (χ0) is 19.4. The smallest absolute Gasteiger partial charge is 0.136 e. The van der Waals surface area contributed by atoms with Crippen molar-refractivity contribution >= 4 is 17.3 Å². The third kappa shape index (κ3) is 5.26. The summed E-state index contributed by atoms with van der Waals surface area (Å²) in [6.45, 7) is 9.01. The number of rotatable bonds is 5. The molecule has 0 saturated heterocycles. The number of hydrogen-bond donors (Lipinski definition) is 2. The lowest BCUT2D eigenvalue weighted by atomic mass is 9.87. The Bertz CT molecular complexity index is 897. The highest BCUT2D eigenvalue weighted by Gasteiger charge is 2.13. The van der Waals surface area contributed by atoms with Crippen molar-refractivity contribution in [2.45, 2.75) is 39.7 Å². The fourth-order valence-corrected chi connectivity index (χ4v) is 2.72. The van der Waals surface area contributed by atoms with E-state index in [0.29, 0.717) is 12.4 Å². The number of nitrogens with one attached hydrogen (secondary N) is 2. The molecule has 0 saturated carbocycles. The largest absolute Gasteiger partial charge is 0.366 e. The van der Waals surface area contributed by atoms with Gasteiger partial charge in [-0.3, -0.25) is 0 Å². The standard InChI is InChI=1S/C22H25FN4/c1-15-25-20(24-14-16-5-9-18(23)10-6-16)13-21(26-15)27-19-11-7-17(8-12-19)22(2,3)4/h5-13H,14H2,1-4H3,(H2,24,25,26,27). The van der Waals surface area contributed by atoms with E-state index in [1.165, 1.54) is 17.7 Å². The number of benzene rings is 2. The van der Waals surface area contributed by atoms with Crippen molar-refractivity contribution in [1.29, 1.82) is 0 Å². The van der Waals surface area contributed by atoms with Crippen LogP contribution in [-0.2, 0) is 12.0 Å². The molecule has 0 spiro atoms. The average Bonchev–Trinajstić information content (AvgIpc) is 2.60. The van der Waals surface area contributed by atoms with Crippen molar-refractivity contribution in [2.24, 2.45) is 0 Å². The topological polar surface area (TPSA) is 49.8 Å². The lowest BCUT2D eigenvalue weighted by Gasteiger charge is -2.19. The molecule has 5 heteroatoms. The molecule has 0 amide bonds. The number of aryl methyl sites for hydroxylation is 1. The van der Waals surface area contributed by atoms with Crippen molar-refractivity contribution in [1.82, 2.24) is 9.97 Å². The van der Waals surface area contributed by atoms with Crippen LogP contribution >= 0.6 is 0 Å². The molecule has 3 aromatic rings. The number of halogens is 1. The molecule has 0 fully saturated rings. The van der Waals surface area contributed by atoms with Crippen LogP contribution in [0.4, 0.5) is 21.7 Å². The lowest BCUT2D eigenvalue weighted by Crippen LogP contribution is -2.10. The van der Waals surface area contributed by atoms with Crippen LogP contribution in [0, 0.1) is 12.7 Å². The molecule has 27 heavy (non-hydrogen) atoms. The fourth-order valence-electron chi connectivity index (χ4n) is 2.72. The molecule has 0 aliphatic heterocycles. The molecular formula is C22H25FN4. The maximum atomic E-state index is 13.0. The molecule has 0 bridgehead atoms. The van der Waals surface area contributed by atoms with Crippen LogP contribution in [0.3, 0.4) is 0 Å². The molecule has 0 atom stereocenters. The second-order valence-corrected chi connectivity index (χ2v) is 7.62. The highest BCUT2D eigenvalue weighted by Crippen LogP contribution is 2.25. The highest BCUT2D eigenvalue weighted by molar-refractivity contribution is 5.59. The third-order valence-electron chi connectivity index (χ3n) is 4.25. The van der Waals surface area contributed by atoms with E-state index in [9.17, 15) is 4.39 Å². The van der Waals surface area contributed by atoms with Gasteiger partial charge >= 0.3 is 0 Å². The summed E-state index contributed by atoms with van der Waals surface area (Å²) in [7, 11) is 0. The van der Waals surface area contributed by atoms with Crippen LogP contribution in [0.5, 0.6) is 0 Å². The Morgan fingerprint density at radius 3 is 2.15 bits per heavy atom. The summed E-state index contributed by atoms with van der Waals surface area (Å²) in [6.07, 6.45) is 0. The van der Waals surface area contributed by atoms with E-state index in [-0.39, 0.29) is 11.2 Å². The van der Waals surface area contributed by atoms with Gasteiger partial charge in [0.15, 0.2) is 0 Å². The summed E-state index contributed by atoms with van der Waals surface area (Å²) >= 11 is 0. The van der Waals surface area contributed by atoms with E-state index >= 15 is 0 Å². The fraction of sp³-hybridized carbons (Fsp3) is 0.273. The number of hydrogen-bond acceptors (Lipinski definition) is 4. The minimum atomic E-state index is -0.236. The summed E-state index contributed by atoms with van der Waals surface area (Å²) < 4.78 is 13.0. The quantitative estimate of drug-likeness (QED) is 0.621. The number of aromatic nitrogens is 2. The maximum Gasteiger partial charge on any atom is 0.136 e. The van der Waals surface area contributed by atoms with Gasteiger partial charge in [-0.05, 0) is 47.7 Å². The Kier molecular flexibility index (Phi) is 5.40. The van der Waals surface area contributed by atoms with Gasteiger partial charge in [-0.25, -0.2) is 14.4 Å². The predicted octanol–water partition coefficient (Wildman–Crippen LogP) is 5.58. The summed E-state index contributed by atoms with van der Waals surface area (Å²) in [5.41, 5.74) is 3.38. The summed E-state index contributed by atoms with van der Waals surface area (Å²) in [4.78, 5) is 8.87. The summed E-state index contributed by atoms with van der Waals surface area (Å²) in [6, 6.07) is 16.7. The number of nitrogens with zero attached hydrogens (tertiary/aromatic N) is 2. The van der Waals surface area contributed by atoms with E-state index in [2.05, 4.69) is 65.6 Å². The van der Waals surface area contributed by atoms with E-state index in [1.807, 2.05) is 13.0 Å². The van der Waals surface area contributed by atoms with Gasteiger partial charge in [0.1, 0.15) is 23.3 Å². The molecule has 0 aliphatic carbocycles. The van der Waals surface area contributed by atoms with Crippen LogP contribution in [-0.4, -0.2) is 9.97 Å². The minimum Gasteiger partial charge on any atom is -0.366 e. The monoisotopic (exact) mass is 364 g/mol. The Morgan fingerprint density at radius 1 is 0.889 bits per heavy atom. The third-order valence-corrected chi connectivity index (χ3v) is 4.25. The second-order valence-electron chi connectivity index (χ2n) is 7.62. The van der Waals surface area contributed by atoms with Crippen molar-refractivity contribution in [2.75, 3.05) is 10.6 Å². The van der Waals surface area contributed by atoms with Crippen LogP contribution < -0.4 is 10.6 Å². The van der Waals surface area contributed by atoms with Crippen LogP contribution in [0.2, 0.25) is 0 Å². The van der Waals surface area contributed by atoms with Gasteiger partial charge in [-0.2, -0.15) is 0 Å². The van der Waals surface area contributed by atoms with Crippen LogP contribution in [0.25, 0.3) is 0 Å². The number of anilines is 3. The first kappa shape index (κ1) is 18.8. The molecule has 0 aliphatic rings. The Morgan fingerprint density at radius 2 is 1.52 bits per heavy atom. The highest BCUT2D eigenvalue weighted by atomic mass is 19.1. The van der Waals surface area contributed by atoms with Crippen molar-refractivity contribution in [3.8, 4) is 0 Å². The van der Waals surface area contributed by atoms with Gasteiger partial charge in [0, 0.05) is 18.3 Å². The molecule has 140 valence electrons. The van der Waals surface area contributed by atoms with Gasteiger partial charge in [0.2, 0.25) is 0 Å². The molecule has 1 aromatic heterocycles. The zero-order valence-electron chi connectivity index (χ0n) is 16.2. The van der Waals surface area contributed by atoms with Gasteiger partial charge in [0.05, 0.1) is 0 Å². The Balaban J connectivity index is 1.70. The molecule has 4 nitrogen and oxygen atoms in total. The normalized spacial score (nSPS) is 11.3. The maximum absolute atomic E-state index is 13.0. The van der Waals surface area contributed by atoms with Crippen molar-refractivity contribution < 1.29 is 4.39 Å². The lowest BCUT2D eigenvalue weighted by molar-refractivity contribution is 0.590. The minimum absolute atomic E-state index is 0.126. The van der Waals surface area contributed by atoms with Gasteiger partial charge in [0.25, 0.3) is 0 Å². The van der Waals surface area contributed by atoms with Crippen molar-refractivity contribution in [3.05, 3.63) is 77.4 Å². The van der Waals surface area contributed by atoms with E-state index in [1.54, 1.807) is 12.1 Å². The molecule has 3 rings (SSSR count). The summed E-state index contributed by atoms with van der Waals surface area (Å²) in [5, 5.41) is 6.59. The van der Waals surface area contributed by atoms with Crippen LogP contribution in [0.1, 0.15) is 37.7 Å². The zero-order valence-corrected chi connectivity index (χ0v) is 16.2. The van der Waals surface area contributed by atoms with E-state index < -0.39 is 0 Å². The van der Waals surface area contributed by atoms with Crippen molar-refractivity contribution in [3.63, 3.8) is 0 Å². The predicted molar refractivity (Wildman–Crippen MR) is 109 cm³/mol. The molecule has 0 unspecified atom stereocenters. The molecule has 2 N–H and O–H groups in total. The Hall–Kier alpha value is -2.95.